The van der Waals surface area contributed by atoms with Gasteiger partial charge in [-0.05, 0) is 36.6 Å². The zero-order valence-corrected chi connectivity index (χ0v) is 10.7. The lowest BCUT2D eigenvalue weighted by Crippen LogP contribution is -1.95. The lowest BCUT2D eigenvalue weighted by Gasteiger charge is -2.06. The maximum Gasteiger partial charge on any atom is 0.331 e. The summed E-state index contributed by atoms with van der Waals surface area (Å²) in [4.78, 5) is 14.2. The number of aliphatic hydroxyl groups is 1. The molecular formula is C14H14N2O4. The van der Waals surface area contributed by atoms with Crippen molar-refractivity contribution in [1.82, 2.24) is 4.98 Å². The first-order valence-electron chi connectivity index (χ1n) is 6.18. The van der Waals surface area contributed by atoms with E-state index in [-0.39, 0.29) is 18.2 Å². The monoisotopic (exact) mass is 274 g/mol. The molecular weight excluding hydrogens is 260 g/mol. The van der Waals surface area contributed by atoms with Crippen LogP contribution in [-0.4, -0.2) is 21.6 Å². The van der Waals surface area contributed by atoms with E-state index >= 15 is 0 Å². The van der Waals surface area contributed by atoms with E-state index in [0.29, 0.717) is 12.2 Å². The van der Waals surface area contributed by atoms with Crippen molar-refractivity contribution in [3.05, 3.63) is 58.3 Å². The van der Waals surface area contributed by atoms with Gasteiger partial charge in [0.1, 0.15) is 5.75 Å². The van der Waals surface area contributed by atoms with Crippen LogP contribution in [0.1, 0.15) is 12.0 Å². The van der Waals surface area contributed by atoms with Crippen molar-refractivity contribution >= 4 is 5.69 Å². The molecule has 1 aromatic carbocycles. The minimum absolute atomic E-state index is 0.0272. The van der Waals surface area contributed by atoms with Gasteiger partial charge in [0.15, 0.2) is 0 Å². The Balaban J connectivity index is 2.12. The maximum absolute atomic E-state index is 10.8. The predicted molar refractivity (Wildman–Crippen MR) is 72.8 cm³/mol. The quantitative estimate of drug-likeness (QED) is 0.646. The summed E-state index contributed by atoms with van der Waals surface area (Å²) in [5.41, 5.74) is 0.902. The highest BCUT2D eigenvalue weighted by atomic mass is 16.6. The number of hydrogen-bond acceptors (Lipinski definition) is 5. The van der Waals surface area contributed by atoms with E-state index in [4.69, 9.17) is 9.84 Å². The molecule has 0 atom stereocenters. The molecule has 2 rings (SSSR count). The van der Waals surface area contributed by atoms with Gasteiger partial charge in [-0.2, -0.15) is 0 Å². The molecule has 0 aliphatic carbocycles. The Bertz CT molecular complexity index is 584. The van der Waals surface area contributed by atoms with Crippen molar-refractivity contribution in [1.29, 1.82) is 0 Å². The molecule has 1 N–H and O–H groups in total. The Morgan fingerprint density at radius 3 is 2.65 bits per heavy atom. The van der Waals surface area contributed by atoms with Gasteiger partial charge in [0.2, 0.25) is 0 Å². The highest BCUT2D eigenvalue weighted by Crippen LogP contribution is 2.28. The summed E-state index contributed by atoms with van der Waals surface area (Å²) in [5.74, 6) is 0.458. The number of hydrogen-bond donors (Lipinski definition) is 1. The first-order chi connectivity index (χ1) is 9.70. The Morgan fingerprint density at radius 2 is 2.00 bits per heavy atom. The van der Waals surface area contributed by atoms with E-state index in [1.165, 1.54) is 18.3 Å². The van der Waals surface area contributed by atoms with E-state index in [9.17, 15) is 10.1 Å². The second-order valence-corrected chi connectivity index (χ2v) is 4.16. The summed E-state index contributed by atoms with van der Waals surface area (Å²) in [6.45, 7) is 0.151. The Morgan fingerprint density at radius 1 is 1.25 bits per heavy atom. The summed E-state index contributed by atoms with van der Waals surface area (Å²) >= 11 is 0. The topological polar surface area (TPSA) is 85.5 Å². The molecule has 1 aromatic heterocycles. The van der Waals surface area contributed by atoms with E-state index in [2.05, 4.69) is 4.98 Å². The van der Waals surface area contributed by atoms with Crippen LogP contribution < -0.4 is 4.74 Å². The molecule has 104 valence electrons. The van der Waals surface area contributed by atoms with Crippen LogP contribution in [0.3, 0.4) is 0 Å². The van der Waals surface area contributed by atoms with Gasteiger partial charge in [-0.1, -0.05) is 12.1 Å². The average Bonchev–Trinajstić information content (AvgIpc) is 2.47. The smallest absolute Gasteiger partial charge is 0.331 e. The van der Waals surface area contributed by atoms with Crippen molar-refractivity contribution < 1.29 is 14.8 Å². The Kier molecular flexibility index (Phi) is 4.62. The van der Waals surface area contributed by atoms with Gasteiger partial charge in [0, 0.05) is 18.9 Å². The van der Waals surface area contributed by atoms with Gasteiger partial charge in [-0.15, -0.1) is 0 Å². The molecule has 0 fully saturated rings. The lowest BCUT2D eigenvalue weighted by atomic mass is 10.1. The normalized spacial score (nSPS) is 10.2. The Hall–Kier alpha value is -2.47. The first kappa shape index (κ1) is 14.0. The van der Waals surface area contributed by atoms with Crippen LogP contribution in [0.5, 0.6) is 11.6 Å². The van der Waals surface area contributed by atoms with E-state index in [0.717, 1.165) is 12.0 Å². The molecule has 0 amide bonds. The molecule has 0 saturated carbocycles. The molecule has 0 bridgehead atoms. The van der Waals surface area contributed by atoms with Gasteiger partial charge in [0.05, 0.1) is 4.92 Å². The standard InChI is InChI=1S/C14H14N2O4/c17-10-2-3-11-5-7-12(8-6-11)20-14-13(16(18)19)4-1-9-15-14/h1,4-9,17H,2-3,10H2. The number of aromatic nitrogens is 1. The fourth-order valence-electron chi connectivity index (χ4n) is 1.72. The molecule has 0 aliphatic rings. The summed E-state index contributed by atoms with van der Waals surface area (Å²) in [5, 5.41) is 19.6. The highest BCUT2D eigenvalue weighted by Gasteiger charge is 2.16. The van der Waals surface area contributed by atoms with Crippen LogP contribution in [0, 0.1) is 10.1 Å². The number of ether oxygens (including phenoxy) is 1. The van der Waals surface area contributed by atoms with Crippen LogP contribution in [0.4, 0.5) is 5.69 Å². The average molecular weight is 274 g/mol. The number of aryl methyl sites for hydroxylation is 1. The Labute approximate surface area is 115 Å². The minimum Gasteiger partial charge on any atom is -0.434 e. The predicted octanol–water partition coefficient (Wildman–Crippen LogP) is 2.71. The van der Waals surface area contributed by atoms with Gasteiger partial charge in [-0.3, -0.25) is 10.1 Å². The number of rotatable bonds is 6. The number of aliphatic hydroxyl groups excluding tert-OH is 1. The molecule has 0 saturated heterocycles. The molecule has 0 unspecified atom stereocenters. The van der Waals surface area contributed by atoms with E-state index in [1.807, 2.05) is 12.1 Å². The number of nitrogens with zero attached hydrogens (tertiary/aromatic N) is 2. The molecule has 20 heavy (non-hydrogen) atoms. The summed E-state index contributed by atoms with van der Waals surface area (Å²) in [6, 6.07) is 10.0. The van der Waals surface area contributed by atoms with Gasteiger partial charge in [-0.25, -0.2) is 4.98 Å². The molecule has 0 radical (unpaired) electrons. The molecule has 1 heterocycles. The number of pyridine rings is 1. The van der Waals surface area contributed by atoms with E-state index < -0.39 is 4.92 Å². The van der Waals surface area contributed by atoms with Crippen molar-refractivity contribution in [3.8, 4) is 11.6 Å². The molecule has 2 aromatic rings. The largest absolute Gasteiger partial charge is 0.434 e. The van der Waals surface area contributed by atoms with Crippen molar-refractivity contribution in [2.24, 2.45) is 0 Å². The highest BCUT2D eigenvalue weighted by molar-refractivity contribution is 5.43. The number of nitro groups is 1. The van der Waals surface area contributed by atoms with Gasteiger partial charge >= 0.3 is 5.69 Å². The van der Waals surface area contributed by atoms with Crippen molar-refractivity contribution in [2.75, 3.05) is 6.61 Å². The van der Waals surface area contributed by atoms with Crippen molar-refractivity contribution in [3.63, 3.8) is 0 Å². The van der Waals surface area contributed by atoms with Crippen LogP contribution in [0.2, 0.25) is 0 Å². The van der Waals surface area contributed by atoms with Gasteiger partial charge in [0.25, 0.3) is 5.88 Å². The molecule has 6 nitrogen and oxygen atoms in total. The zero-order valence-electron chi connectivity index (χ0n) is 10.7. The minimum atomic E-state index is -0.530. The van der Waals surface area contributed by atoms with Crippen LogP contribution >= 0.6 is 0 Å². The molecule has 0 aliphatic heterocycles. The third-order valence-electron chi connectivity index (χ3n) is 2.71. The maximum atomic E-state index is 10.8. The summed E-state index contributed by atoms with van der Waals surface area (Å²) in [6.07, 6.45) is 2.92. The van der Waals surface area contributed by atoms with Crippen LogP contribution in [0.25, 0.3) is 0 Å². The van der Waals surface area contributed by atoms with Crippen molar-refractivity contribution in [2.45, 2.75) is 12.8 Å². The SMILES string of the molecule is O=[N+]([O-])c1cccnc1Oc1ccc(CCCO)cc1. The second kappa shape index (κ2) is 6.63. The zero-order chi connectivity index (χ0) is 14.4. The molecule has 6 heteroatoms. The fourth-order valence-corrected chi connectivity index (χ4v) is 1.72. The second-order valence-electron chi connectivity index (χ2n) is 4.16. The van der Waals surface area contributed by atoms with Crippen LogP contribution in [-0.2, 0) is 6.42 Å². The molecule has 0 spiro atoms. The summed E-state index contributed by atoms with van der Waals surface area (Å²) in [7, 11) is 0. The van der Waals surface area contributed by atoms with Crippen LogP contribution in [0.15, 0.2) is 42.6 Å². The van der Waals surface area contributed by atoms with E-state index in [1.54, 1.807) is 12.1 Å². The fraction of sp³-hybridized carbons (Fsp3) is 0.214. The first-order valence-corrected chi connectivity index (χ1v) is 6.18. The third kappa shape index (κ3) is 3.52. The van der Waals surface area contributed by atoms with Gasteiger partial charge < -0.3 is 9.84 Å². The summed E-state index contributed by atoms with van der Waals surface area (Å²) < 4.78 is 5.43. The number of benzene rings is 1. The lowest BCUT2D eigenvalue weighted by molar-refractivity contribution is -0.386. The third-order valence-corrected chi connectivity index (χ3v) is 2.71.